The third-order valence-corrected chi connectivity index (χ3v) is 7.81. The van der Waals surface area contributed by atoms with Crippen LogP contribution in [0.5, 0.6) is 0 Å². The summed E-state index contributed by atoms with van der Waals surface area (Å²) in [7, 11) is 5.88. The lowest BCUT2D eigenvalue weighted by atomic mass is 9.52. The Morgan fingerprint density at radius 3 is 2.53 bits per heavy atom. The number of hydrogen-bond acceptors (Lipinski definition) is 7. The molecule has 38 heavy (non-hydrogen) atoms. The van der Waals surface area contributed by atoms with Gasteiger partial charge in [0.15, 0.2) is 0 Å². The van der Waals surface area contributed by atoms with Crippen LogP contribution in [0.25, 0.3) is 10.8 Å². The highest BCUT2D eigenvalue weighted by molar-refractivity contribution is 6.58. The van der Waals surface area contributed by atoms with Crippen LogP contribution in [0.1, 0.15) is 45.6 Å². The van der Waals surface area contributed by atoms with Gasteiger partial charge in [0.25, 0.3) is 0 Å². The fourth-order valence-electron chi connectivity index (χ4n) is 5.54. The first-order chi connectivity index (χ1) is 18.0. The number of aromatic nitrogens is 3. The van der Waals surface area contributed by atoms with E-state index >= 15 is 0 Å². The quantitative estimate of drug-likeness (QED) is 0.486. The van der Waals surface area contributed by atoms with E-state index in [4.69, 9.17) is 14.7 Å². The van der Waals surface area contributed by atoms with E-state index < -0.39 is 12.3 Å². The minimum absolute atomic E-state index is 0.215. The van der Waals surface area contributed by atoms with Gasteiger partial charge in [-0.25, -0.2) is 14.4 Å². The van der Waals surface area contributed by atoms with E-state index in [9.17, 15) is 4.39 Å². The van der Waals surface area contributed by atoms with E-state index in [1.54, 1.807) is 6.20 Å². The number of nitrogens with one attached hydrogen (secondary N) is 1. The van der Waals surface area contributed by atoms with Crippen LogP contribution in [-0.4, -0.2) is 81.7 Å². The van der Waals surface area contributed by atoms with Gasteiger partial charge in [-0.1, -0.05) is 26.8 Å². The molecule has 1 aromatic carbocycles. The average Bonchev–Trinajstić information content (AvgIpc) is 2.87. The number of anilines is 4. The highest BCUT2D eigenvalue weighted by Crippen LogP contribution is 2.39. The summed E-state index contributed by atoms with van der Waals surface area (Å²) in [6.07, 6.45) is 2.79. The second-order valence-electron chi connectivity index (χ2n) is 12.2. The van der Waals surface area contributed by atoms with Gasteiger partial charge in [0, 0.05) is 42.6 Å². The molecule has 4 atom stereocenters. The van der Waals surface area contributed by atoms with Crippen molar-refractivity contribution in [3.63, 3.8) is 0 Å². The summed E-state index contributed by atoms with van der Waals surface area (Å²) in [4.78, 5) is 18.2. The Balaban J connectivity index is 1.37. The Labute approximate surface area is 228 Å². The molecule has 2 aromatic heterocycles. The van der Waals surface area contributed by atoms with Gasteiger partial charge in [0.1, 0.15) is 41.3 Å². The van der Waals surface area contributed by atoms with Crippen molar-refractivity contribution in [3.8, 4) is 0 Å². The van der Waals surface area contributed by atoms with E-state index in [0.29, 0.717) is 42.6 Å². The van der Waals surface area contributed by atoms with Gasteiger partial charge in [-0.05, 0) is 59.6 Å². The smallest absolute Gasteiger partial charge is 0.227 e. The second kappa shape index (κ2) is 10.4. The van der Waals surface area contributed by atoms with Crippen molar-refractivity contribution < 1.29 is 9.13 Å². The lowest BCUT2D eigenvalue weighted by molar-refractivity contribution is -0.0185. The molecule has 2 aliphatic heterocycles. The summed E-state index contributed by atoms with van der Waals surface area (Å²) in [5.74, 6) is 2.96. The molecule has 0 bridgehead atoms. The fraction of sp³-hybridized carbons (Fsp3) is 0.519. The molecule has 2 saturated heterocycles. The van der Waals surface area contributed by atoms with Crippen LogP contribution in [0.3, 0.4) is 0 Å². The minimum Gasteiger partial charge on any atom is -0.394 e. The van der Waals surface area contributed by atoms with Crippen molar-refractivity contribution in [2.24, 2.45) is 5.92 Å². The molecule has 2 aliphatic rings. The average molecular weight is 514 g/mol. The van der Waals surface area contributed by atoms with Crippen LogP contribution in [0.15, 0.2) is 36.7 Å². The number of alkyl halides is 1. The first-order valence-electron chi connectivity index (χ1n) is 13.9. The molecular weight excluding hydrogens is 476 g/mol. The number of ether oxygens (including phenoxy) is 1. The van der Waals surface area contributed by atoms with Gasteiger partial charge in [-0.3, -0.25) is 0 Å². The summed E-state index contributed by atoms with van der Waals surface area (Å²) in [6, 6.07) is 8.97. The SMILES string of the molecule is BC(B)(B)O[C@H]1CCN(c2nccc(Nc3cc4c(C(C)C)ccc(N5C[C@H](C)[C@H]5C)c4cn3)n2)C[C@H]1F. The van der Waals surface area contributed by atoms with E-state index in [-0.39, 0.29) is 11.8 Å². The monoisotopic (exact) mass is 514 g/mol. The maximum Gasteiger partial charge on any atom is 0.227 e. The van der Waals surface area contributed by atoms with Gasteiger partial charge in [-0.2, -0.15) is 4.98 Å². The van der Waals surface area contributed by atoms with Crippen molar-refractivity contribution in [2.45, 2.75) is 63.7 Å². The summed E-state index contributed by atoms with van der Waals surface area (Å²) in [5, 5.41) is 5.38. The van der Waals surface area contributed by atoms with E-state index in [1.165, 1.54) is 22.0 Å². The lowest BCUT2D eigenvalue weighted by Gasteiger charge is -2.47. The molecular formula is C27H38B3FN6O. The number of pyridine rings is 1. The maximum absolute atomic E-state index is 14.9. The number of piperidine rings is 1. The molecule has 11 heteroatoms. The molecule has 7 nitrogen and oxygen atoms in total. The number of rotatable bonds is 7. The Morgan fingerprint density at radius 2 is 1.87 bits per heavy atom. The Morgan fingerprint density at radius 1 is 1.08 bits per heavy atom. The Bertz CT molecular complexity index is 1310. The first kappa shape index (κ1) is 26.8. The standard InChI is InChI=1S/C27H38B3FN6O/c1-15(2)18-5-6-22(37-13-16(3)17(37)4)20-12-33-25(11-19(18)20)34-24-7-9-32-26(35-24)36-10-8-23(21(31)14-36)38-27(28,29)30/h5-7,9,11-12,15-17,21,23H,8,10,13-14,28-30H2,1-4H3,(H,32,33,34,35)/t16-,17+,21+,23-/m0/s1. The predicted octanol–water partition coefficient (Wildman–Crippen LogP) is 2.18. The zero-order chi connectivity index (χ0) is 27.2. The van der Waals surface area contributed by atoms with Crippen LogP contribution >= 0.6 is 0 Å². The van der Waals surface area contributed by atoms with Crippen LogP contribution in [0.2, 0.25) is 0 Å². The van der Waals surface area contributed by atoms with Gasteiger partial charge >= 0.3 is 0 Å². The topological polar surface area (TPSA) is 66.4 Å². The molecule has 4 heterocycles. The van der Waals surface area contributed by atoms with Crippen LogP contribution in [-0.2, 0) is 4.74 Å². The predicted molar refractivity (Wildman–Crippen MR) is 162 cm³/mol. The molecule has 198 valence electrons. The van der Waals surface area contributed by atoms with E-state index in [1.807, 2.05) is 40.7 Å². The second-order valence-corrected chi connectivity index (χ2v) is 12.2. The van der Waals surface area contributed by atoms with Gasteiger partial charge in [0.05, 0.1) is 12.6 Å². The third-order valence-electron chi connectivity index (χ3n) is 7.81. The van der Waals surface area contributed by atoms with Crippen molar-refractivity contribution in [2.75, 3.05) is 34.8 Å². The first-order valence-corrected chi connectivity index (χ1v) is 13.9. The van der Waals surface area contributed by atoms with Gasteiger partial charge < -0.3 is 19.9 Å². The molecule has 0 aliphatic carbocycles. The highest BCUT2D eigenvalue weighted by atomic mass is 19.1. The number of hydrogen-bond donors (Lipinski definition) is 1. The number of benzene rings is 1. The number of nitrogens with zero attached hydrogens (tertiary/aromatic N) is 5. The minimum atomic E-state index is -1.09. The fourth-order valence-corrected chi connectivity index (χ4v) is 5.54. The Kier molecular flexibility index (Phi) is 7.33. The van der Waals surface area contributed by atoms with Gasteiger partial charge in [0.2, 0.25) is 5.95 Å². The molecule has 0 unspecified atom stereocenters. The lowest BCUT2D eigenvalue weighted by Crippen LogP contribution is -2.53. The molecule has 1 N–H and O–H groups in total. The largest absolute Gasteiger partial charge is 0.394 e. The molecule has 0 saturated carbocycles. The molecule has 2 fully saturated rings. The number of fused-ring (bicyclic) bond motifs is 1. The van der Waals surface area contributed by atoms with Crippen molar-refractivity contribution in [1.82, 2.24) is 15.0 Å². The summed E-state index contributed by atoms with van der Waals surface area (Å²) < 4.78 is 20.8. The van der Waals surface area contributed by atoms with Crippen molar-refractivity contribution >= 4 is 57.6 Å². The summed E-state index contributed by atoms with van der Waals surface area (Å²) >= 11 is 0. The number of halogens is 1. The maximum atomic E-state index is 14.9. The normalized spacial score (nSPS) is 24.1. The highest BCUT2D eigenvalue weighted by Gasteiger charge is 2.34. The van der Waals surface area contributed by atoms with Crippen molar-refractivity contribution in [1.29, 1.82) is 0 Å². The van der Waals surface area contributed by atoms with E-state index in [0.717, 1.165) is 12.4 Å². The Hall–Kier alpha value is -2.81. The molecule has 0 radical (unpaired) electrons. The molecule has 5 rings (SSSR count). The van der Waals surface area contributed by atoms with Crippen LogP contribution in [0, 0.1) is 5.92 Å². The third kappa shape index (κ3) is 5.49. The zero-order valence-electron chi connectivity index (χ0n) is 23.7. The van der Waals surface area contributed by atoms with Crippen LogP contribution in [0.4, 0.5) is 27.7 Å². The summed E-state index contributed by atoms with van der Waals surface area (Å²) in [5.41, 5.74) is 2.55. The molecule has 0 amide bonds. The van der Waals surface area contributed by atoms with Crippen molar-refractivity contribution in [3.05, 3.63) is 42.2 Å². The van der Waals surface area contributed by atoms with Crippen LogP contribution < -0.4 is 15.1 Å². The molecule has 3 aromatic rings. The van der Waals surface area contributed by atoms with Gasteiger partial charge in [-0.15, -0.1) is 0 Å². The summed E-state index contributed by atoms with van der Waals surface area (Å²) in [6.45, 7) is 11.0. The molecule has 0 spiro atoms. The van der Waals surface area contributed by atoms with E-state index in [2.05, 4.69) is 61.1 Å². The zero-order valence-corrected chi connectivity index (χ0v) is 23.7.